The summed E-state index contributed by atoms with van der Waals surface area (Å²) in [6.07, 6.45) is 4.96. The number of phenols is 1. The van der Waals surface area contributed by atoms with Gasteiger partial charge in [0.15, 0.2) is 11.0 Å². The number of hydrogen-bond donors (Lipinski definition) is 1. The molecule has 0 saturated carbocycles. The number of amidine groups is 1. The van der Waals surface area contributed by atoms with Crippen molar-refractivity contribution in [2.45, 2.75) is 0 Å². The van der Waals surface area contributed by atoms with Gasteiger partial charge in [0.2, 0.25) is 0 Å². The van der Waals surface area contributed by atoms with Crippen LogP contribution in [-0.2, 0) is 4.79 Å². The summed E-state index contributed by atoms with van der Waals surface area (Å²) in [6.45, 7) is 4.05. The number of para-hydroxylation sites is 1. The quantitative estimate of drug-likeness (QED) is 0.684. The number of carbonyl (C=O) groups excluding carboxylic acids is 1. The molecule has 1 saturated heterocycles. The zero-order chi connectivity index (χ0) is 16.9. The molecular formula is C18H15N3O2S. The molecule has 0 spiro atoms. The normalized spacial score (nSPS) is 17.7. The molecule has 1 aliphatic rings. The molecule has 2 aromatic rings. The summed E-state index contributed by atoms with van der Waals surface area (Å²) in [6, 6.07) is 12.3. The molecule has 0 aliphatic carbocycles. The molecule has 1 aliphatic heterocycles. The minimum Gasteiger partial charge on any atom is -0.507 e. The number of aromatic hydroxyl groups is 1. The van der Waals surface area contributed by atoms with Crippen molar-refractivity contribution < 1.29 is 9.90 Å². The monoisotopic (exact) mass is 337 g/mol. The average molecular weight is 337 g/mol. The molecule has 1 N–H and O–H groups in total. The number of carbonyl (C=O) groups is 1. The smallest absolute Gasteiger partial charge is 0.267 e. The van der Waals surface area contributed by atoms with Crippen molar-refractivity contribution in [1.82, 2.24) is 9.88 Å². The molecule has 0 bridgehead atoms. The Morgan fingerprint density at radius 1 is 1.25 bits per heavy atom. The molecule has 1 aromatic carbocycles. The second-order valence-electron chi connectivity index (χ2n) is 4.96. The predicted octanol–water partition coefficient (Wildman–Crippen LogP) is 3.58. The lowest BCUT2D eigenvalue weighted by Crippen LogP contribution is -2.29. The largest absolute Gasteiger partial charge is 0.507 e. The lowest BCUT2D eigenvalue weighted by atomic mass is 10.2. The summed E-state index contributed by atoms with van der Waals surface area (Å²) in [5.41, 5.74) is 0.589. The van der Waals surface area contributed by atoms with Crippen LogP contribution in [0.4, 0.5) is 5.82 Å². The van der Waals surface area contributed by atoms with Crippen molar-refractivity contribution in [2.75, 3.05) is 6.54 Å². The summed E-state index contributed by atoms with van der Waals surface area (Å²) in [7, 11) is 0. The van der Waals surface area contributed by atoms with Crippen LogP contribution in [0.1, 0.15) is 5.56 Å². The fourth-order valence-corrected chi connectivity index (χ4v) is 3.14. The minimum absolute atomic E-state index is 0.129. The molecule has 1 aromatic heterocycles. The Labute approximate surface area is 144 Å². The van der Waals surface area contributed by atoms with Crippen molar-refractivity contribution >= 4 is 34.7 Å². The van der Waals surface area contributed by atoms with Crippen molar-refractivity contribution in [2.24, 2.45) is 4.99 Å². The van der Waals surface area contributed by atoms with E-state index in [1.807, 2.05) is 12.1 Å². The highest BCUT2D eigenvalue weighted by Crippen LogP contribution is 2.34. The van der Waals surface area contributed by atoms with Crippen molar-refractivity contribution in [3.8, 4) is 5.75 Å². The van der Waals surface area contributed by atoms with Crippen LogP contribution in [0.25, 0.3) is 6.08 Å². The van der Waals surface area contributed by atoms with Gasteiger partial charge < -0.3 is 5.11 Å². The van der Waals surface area contributed by atoms with Crippen LogP contribution in [0.2, 0.25) is 0 Å². The number of benzene rings is 1. The van der Waals surface area contributed by atoms with Crippen LogP contribution >= 0.6 is 11.8 Å². The van der Waals surface area contributed by atoms with E-state index in [0.717, 1.165) is 0 Å². The number of aliphatic imine (C=N–C) groups is 1. The number of rotatable bonds is 4. The molecule has 1 fully saturated rings. The van der Waals surface area contributed by atoms with E-state index in [0.29, 0.717) is 28.0 Å². The van der Waals surface area contributed by atoms with Crippen LogP contribution < -0.4 is 0 Å². The van der Waals surface area contributed by atoms with Gasteiger partial charge in [0, 0.05) is 18.3 Å². The van der Waals surface area contributed by atoms with Gasteiger partial charge >= 0.3 is 0 Å². The third-order valence-corrected chi connectivity index (χ3v) is 4.29. The average Bonchev–Trinajstić information content (AvgIpc) is 2.87. The van der Waals surface area contributed by atoms with Crippen LogP contribution in [-0.4, -0.2) is 32.6 Å². The van der Waals surface area contributed by atoms with Gasteiger partial charge in [0.25, 0.3) is 5.91 Å². The number of nitrogens with zero attached hydrogens (tertiary/aromatic N) is 3. The number of amides is 1. The van der Waals surface area contributed by atoms with Gasteiger partial charge in [0.1, 0.15) is 5.75 Å². The Balaban J connectivity index is 1.97. The van der Waals surface area contributed by atoms with E-state index in [4.69, 9.17) is 0 Å². The first kappa shape index (κ1) is 16.0. The molecule has 120 valence electrons. The van der Waals surface area contributed by atoms with Gasteiger partial charge in [0.05, 0.1) is 4.91 Å². The standard InChI is InChI=1S/C18H15N3O2S/c1-2-11-21-17(23)15(12-13-7-3-4-8-14(13)22)24-18(21)20-16-9-5-6-10-19-16/h2-10,12,22H,1,11H2/b15-12-,20-18+. The fraction of sp³-hybridized carbons (Fsp3) is 0.0556. The molecule has 3 rings (SSSR count). The number of hydrogen-bond acceptors (Lipinski definition) is 5. The molecule has 2 heterocycles. The van der Waals surface area contributed by atoms with Gasteiger partial charge in [-0.05, 0) is 36.0 Å². The topological polar surface area (TPSA) is 65.8 Å². The fourth-order valence-electron chi connectivity index (χ4n) is 2.15. The lowest BCUT2D eigenvalue weighted by molar-refractivity contribution is -0.121. The van der Waals surface area contributed by atoms with Crippen LogP contribution in [0.3, 0.4) is 0 Å². The molecule has 0 radical (unpaired) electrons. The van der Waals surface area contributed by atoms with Gasteiger partial charge in [-0.3, -0.25) is 9.69 Å². The van der Waals surface area contributed by atoms with Crippen LogP contribution in [0.5, 0.6) is 5.75 Å². The van der Waals surface area contributed by atoms with Crippen molar-refractivity contribution in [3.63, 3.8) is 0 Å². The van der Waals surface area contributed by atoms with Gasteiger partial charge in [-0.15, -0.1) is 6.58 Å². The summed E-state index contributed by atoms with van der Waals surface area (Å²) in [5, 5.41) is 10.4. The Kier molecular flexibility index (Phi) is 4.77. The molecule has 6 heteroatoms. The summed E-state index contributed by atoms with van der Waals surface area (Å²) in [5.74, 6) is 0.493. The van der Waals surface area contributed by atoms with E-state index >= 15 is 0 Å². The maximum atomic E-state index is 12.6. The van der Waals surface area contributed by atoms with Gasteiger partial charge in [-0.25, -0.2) is 9.98 Å². The SMILES string of the molecule is C=CCN1C(=O)/C(=C/c2ccccc2O)S/C1=N/c1ccccn1. The predicted molar refractivity (Wildman–Crippen MR) is 96.9 cm³/mol. The first-order valence-electron chi connectivity index (χ1n) is 7.29. The maximum Gasteiger partial charge on any atom is 0.267 e. The number of aromatic nitrogens is 1. The van der Waals surface area contributed by atoms with E-state index < -0.39 is 0 Å². The van der Waals surface area contributed by atoms with E-state index in [2.05, 4.69) is 16.6 Å². The first-order chi connectivity index (χ1) is 11.7. The van der Waals surface area contributed by atoms with E-state index in [9.17, 15) is 9.90 Å². The Morgan fingerprint density at radius 3 is 2.75 bits per heavy atom. The Morgan fingerprint density at radius 2 is 2.04 bits per heavy atom. The zero-order valence-electron chi connectivity index (χ0n) is 12.8. The van der Waals surface area contributed by atoms with E-state index in [1.165, 1.54) is 16.7 Å². The summed E-state index contributed by atoms with van der Waals surface area (Å²) < 4.78 is 0. The lowest BCUT2D eigenvalue weighted by Gasteiger charge is -2.12. The second-order valence-corrected chi connectivity index (χ2v) is 5.97. The van der Waals surface area contributed by atoms with E-state index in [-0.39, 0.29) is 11.7 Å². The highest BCUT2D eigenvalue weighted by Gasteiger charge is 2.32. The highest BCUT2D eigenvalue weighted by molar-refractivity contribution is 8.18. The van der Waals surface area contributed by atoms with E-state index in [1.54, 1.807) is 48.7 Å². The zero-order valence-corrected chi connectivity index (χ0v) is 13.6. The molecule has 0 unspecified atom stereocenters. The number of thioether (sulfide) groups is 1. The third kappa shape index (κ3) is 3.38. The summed E-state index contributed by atoms with van der Waals surface area (Å²) >= 11 is 1.25. The Bertz CT molecular complexity index is 831. The number of phenolic OH excluding ortho intramolecular Hbond substituents is 1. The molecule has 24 heavy (non-hydrogen) atoms. The highest BCUT2D eigenvalue weighted by atomic mass is 32.2. The minimum atomic E-state index is -0.169. The van der Waals surface area contributed by atoms with Gasteiger partial charge in [-0.2, -0.15) is 0 Å². The summed E-state index contributed by atoms with van der Waals surface area (Å²) in [4.78, 5) is 23.3. The Hall–Kier alpha value is -2.86. The van der Waals surface area contributed by atoms with Crippen molar-refractivity contribution in [1.29, 1.82) is 0 Å². The molecule has 5 nitrogen and oxygen atoms in total. The third-order valence-electron chi connectivity index (χ3n) is 3.28. The molecule has 1 amide bonds. The maximum absolute atomic E-state index is 12.6. The molecular weight excluding hydrogens is 322 g/mol. The van der Waals surface area contributed by atoms with Crippen LogP contribution in [0, 0.1) is 0 Å². The van der Waals surface area contributed by atoms with Crippen molar-refractivity contribution in [3.05, 3.63) is 71.8 Å². The van der Waals surface area contributed by atoms with Crippen LogP contribution in [0.15, 0.2) is 71.2 Å². The first-order valence-corrected chi connectivity index (χ1v) is 8.10. The van der Waals surface area contributed by atoms with Gasteiger partial charge in [-0.1, -0.05) is 30.3 Å². The second kappa shape index (κ2) is 7.14. The molecule has 0 atom stereocenters. The number of pyridine rings is 1.